The summed E-state index contributed by atoms with van der Waals surface area (Å²) in [6, 6.07) is 4.62. The van der Waals surface area contributed by atoms with Crippen molar-refractivity contribution < 1.29 is 4.74 Å². The second kappa shape index (κ2) is 8.50. The van der Waals surface area contributed by atoms with Gasteiger partial charge < -0.3 is 15.8 Å². The molecule has 2 unspecified atom stereocenters. The summed E-state index contributed by atoms with van der Waals surface area (Å²) >= 11 is 1.79. The van der Waals surface area contributed by atoms with Gasteiger partial charge in [0.25, 0.3) is 0 Å². The Hall–Kier alpha value is -1.11. The highest BCUT2D eigenvalue weighted by Crippen LogP contribution is 2.26. The first-order valence-corrected chi connectivity index (χ1v) is 8.87. The van der Waals surface area contributed by atoms with Crippen LogP contribution in [-0.2, 0) is 4.74 Å². The van der Waals surface area contributed by atoms with E-state index < -0.39 is 0 Å². The Kier molecular flexibility index (Phi) is 6.67. The van der Waals surface area contributed by atoms with E-state index in [9.17, 15) is 0 Å². The van der Waals surface area contributed by atoms with Gasteiger partial charge in [-0.1, -0.05) is 19.9 Å². The second-order valence-electron chi connectivity index (χ2n) is 6.21. The molecule has 22 heavy (non-hydrogen) atoms. The Morgan fingerprint density at radius 1 is 1.59 bits per heavy atom. The number of nitrogens with one attached hydrogen (secondary N) is 1. The van der Waals surface area contributed by atoms with Crippen LogP contribution in [0.4, 0.5) is 0 Å². The monoisotopic (exact) mass is 324 g/mol. The van der Waals surface area contributed by atoms with Crippen LogP contribution in [0.2, 0.25) is 0 Å². The summed E-state index contributed by atoms with van der Waals surface area (Å²) < 4.78 is 5.66. The summed E-state index contributed by atoms with van der Waals surface area (Å²) in [5.74, 6) is 1.06. The summed E-state index contributed by atoms with van der Waals surface area (Å²) in [5.41, 5.74) is 5.98. The Morgan fingerprint density at radius 3 is 3.05 bits per heavy atom. The highest BCUT2D eigenvalue weighted by molar-refractivity contribution is 7.10. The maximum absolute atomic E-state index is 5.98. The van der Waals surface area contributed by atoms with Crippen molar-refractivity contribution in [3.63, 3.8) is 0 Å². The number of nitrogens with two attached hydrogens (primary N) is 1. The normalized spacial score (nSPS) is 22.0. The number of ether oxygens (including phenoxy) is 1. The van der Waals surface area contributed by atoms with Gasteiger partial charge in [-0.15, -0.1) is 11.3 Å². The van der Waals surface area contributed by atoms with Crippen molar-refractivity contribution in [3.05, 3.63) is 22.4 Å². The minimum absolute atomic E-state index is 0.281. The summed E-state index contributed by atoms with van der Waals surface area (Å²) in [6.45, 7) is 10.6. The molecule has 0 radical (unpaired) electrons. The smallest absolute Gasteiger partial charge is 0.188 e. The fraction of sp³-hybridized carbons (Fsp3) is 0.688. The molecule has 1 aromatic heterocycles. The quantitative estimate of drug-likeness (QED) is 0.621. The van der Waals surface area contributed by atoms with E-state index in [0.29, 0.717) is 17.9 Å². The van der Waals surface area contributed by atoms with Crippen molar-refractivity contribution in [3.8, 4) is 0 Å². The van der Waals surface area contributed by atoms with Gasteiger partial charge in [0.05, 0.1) is 18.8 Å². The van der Waals surface area contributed by atoms with Crippen LogP contribution < -0.4 is 11.1 Å². The van der Waals surface area contributed by atoms with E-state index >= 15 is 0 Å². The van der Waals surface area contributed by atoms with E-state index in [-0.39, 0.29) is 6.10 Å². The Balaban J connectivity index is 1.98. The van der Waals surface area contributed by atoms with E-state index in [1.54, 1.807) is 11.3 Å². The van der Waals surface area contributed by atoms with Crippen molar-refractivity contribution in [2.24, 2.45) is 16.6 Å². The van der Waals surface area contributed by atoms with Crippen LogP contribution in [0, 0.1) is 5.92 Å². The molecule has 1 saturated heterocycles. The molecule has 1 aliphatic rings. The fourth-order valence-corrected chi connectivity index (χ4v) is 3.42. The average Bonchev–Trinajstić information content (AvgIpc) is 2.99. The molecule has 2 rings (SSSR count). The molecule has 0 amide bonds. The summed E-state index contributed by atoms with van der Waals surface area (Å²) in [7, 11) is 0. The minimum Gasteiger partial charge on any atom is -0.376 e. The lowest BCUT2D eigenvalue weighted by atomic mass is 10.1. The van der Waals surface area contributed by atoms with Gasteiger partial charge >= 0.3 is 0 Å². The molecule has 6 heteroatoms. The van der Waals surface area contributed by atoms with E-state index in [2.05, 4.69) is 53.5 Å². The third-order valence-corrected chi connectivity index (χ3v) is 4.66. The average molecular weight is 324 g/mol. The molecule has 1 fully saturated rings. The maximum atomic E-state index is 5.98. The summed E-state index contributed by atoms with van der Waals surface area (Å²) in [5, 5.41) is 5.42. The number of guanidine groups is 1. The number of rotatable bonds is 6. The molecule has 2 atom stereocenters. The van der Waals surface area contributed by atoms with Gasteiger partial charge in [-0.05, 0) is 24.3 Å². The van der Waals surface area contributed by atoms with E-state index in [4.69, 9.17) is 10.5 Å². The van der Waals surface area contributed by atoms with Crippen LogP contribution in [-0.4, -0.2) is 49.7 Å². The van der Waals surface area contributed by atoms with E-state index in [1.165, 1.54) is 4.88 Å². The second-order valence-corrected chi connectivity index (χ2v) is 7.19. The van der Waals surface area contributed by atoms with Crippen molar-refractivity contribution in [2.75, 3.05) is 32.8 Å². The molecule has 0 bridgehead atoms. The number of hydrogen-bond donors (Lipinski definition) is 2. The third-order valence-electron chi connectivity index (χ3n) is 3.69. The molecule has 5 nitrogen and oxygen atoms in total. The molecule has 0 aliphatic carbocycles. The van der Waals surface area contributed by atoms with Gasteiger partial charge in [0.1, 0.15) is 0 Å². The van der Waals surface area contributed by atoms with Crippen molar-refractivity contribution in [1.29, 1.82) is 0 Å². The predicted octanol–water partition coefficient (Wildman–Crippen LogP) is 2.07. The first-order chi connectivity index (χ1) is 10.6. The van der Waals surface area contributed by atoms with Gasteiger partial charge in [0.15, 0.2) is 5.96 Å². The van der Waals surface area contributed by atoms with Crippen LogP contribution >= 0.6 is 11.3 Å². The van der Waals surface area contributed by atoms with Crippen LogP contribution in [0.25, 0.3) is 0 Å². The van der Waals surface area contributed by atoms with Crippen molar-refractivity contribution >= 4 is 17.3 Å². The lowest BCUT2D eigenvalue weighted by molar-refractivity contribution is -0.0333. The maximum Gasteiger partial charge on any atom is 0.188 e. The highest BCUT2D eigenvalue weighted by Gasteiger charge is 2.26. The first kappa shape index (κ1) is 17.2. The molecule has 2 heterocycles. The Bertz CT molecular complexity index is 461. The molecule has 1 aromatic rings. The third kappa shape index (κ3) is 5.26. The SMILES string of the molecule is CC(C)CN=C(N)NCC(c1cccs1)N1CCOC(C)C1. The molecular weight excluding hydrogens is 296 g/mol. The van der Waals surface area contributed by atoms with Crippen LogP contribution in [0.3, 0.4) is 0 Å². The van der Waals surface area contributed by atoms with Crippen LogP contribution in [0.1, 0.15) is 31.7 Å². The van der Waals surface area contributed by atoms with E-state index in [1.807, 2.05) is 0 Å². The number of aliphatic imine (C=N–C) groups is 1. The van der Waals surface area contributed by atoms with Gasteiger partial charge in [0, 0.05) is 31.1 Å². The molecule has 124 valence electrons. The number of nitrogens with zero attached hydrogens (tertiary/aromatic N) is 2. The standard InChI is InChI=1S/C16H28N4OS/c1-12(2)9-18-16(17)19-10-14(15-5-4-8-22-15)20-6-7-21-13(3)11-20/h4-5,8,12-14H,6-7,9-11H2,1-3H3,(H3,17,18,19). The molecule has 3 N–H and O–H groups in total. The highest BCUT2D eigenvalue weighted by atomic mass is 32.1. The predicted molar refractivity (Wildman–Crippen MR) is 93.4 cm³/mol. The largest absolute Gasteiger partial charge is 0.376 e. The molecule has 0 spiro atoms. The minimum atomic E-state index is 0.281. The van der Waals surface area contributed by atoms with Gasteiger partial charge in [-0.2, -0.15) is 0 Å². The number of hydrogen-bond acceptors (Lipinski definition) is 4. The topological polar surface area (TPSA) is 62.9 Å². The van der Waals surface area contributed by atoms with E-state index in [0.717, 1.165) is 32.8 Å². The Labute approximate surface area is 137 Å². The van der Waals surface area contributed by atoms with Gasteiger partial charge in [-0.3, -0.25) is 9.89 Å². The summed E-state index contributed by atoms with van der Waals surface area (Å²) in [6.07, 6.45) is 0.281. The molecule has 1 aliphatic heterocycles. The number of thiophene rings is 1. The number of morpholine rings is 1. The zero-order chi connectivity index (χ0) is 15.9. The van der Waals surface area contributed by atoms with Crippen LogP contribution in [0.5, 0.6) is 0 Å². The van der Waals surface area contributed by atoms with Crippen LogP contribution in [0.15, 0.2) is 22.5 Å². The van der Waals surface area contributed by atoms with Gasteiger partial charge in [0.2, 0.25) is 0 Å². The van der Waals surface area contributed by atoms with Crippen molar-refractivity contribution in [2.45, 2.75) is 32.9 Å². The zero-order valence-electron chi connectivity index (χ0n) is 13.8. The fourth-order valence-electron chi connectivity index (χ4n) is 2.56. The first-order valence-electron chi connectivity index (χ1n) is 7.99. The summed E-state index contributed by atoms with van der Waals surface area (Å²) in [4.78, 5) is 8.21. The zero-order valence-corrected chi connectivity index (χ0v) is 14.6. The van der Waals surface area contributed by atoms with Gasteiger partial charge in [-0.25, -0.2) is 0 Å². The Morgan fingerprint density at radius 2 is 2.41 bits per heavy atom. The lowest BCUT2D eigenvalue weighted by Crippen LogP contribution is -2.47. The molecular formula is C16H28N4OS. The van der Waals surface area contributed by atoms with Crippen molar-refractivity contribution in [1.82, 2.24) is 10.2 Å². The lowest BCUT2D eigenvalue weighted by Gasteiger charge is -2.37. The molecule has 0 saturated carbocycles. The molecule has 0 aromatic carbocycles.